The Morgan fingerprint density at radius 1 is 1.00 bits per heavy atom. The fourth-order valence-corrected chi connectivity index (χ4v) is 4.62. The summed E-state index contributed by atoms with van der Waals surface area (Å²) < 4.78 is 65.7. The van der Waals surface area contributed by atoms with Crippen LogP contribution in [0.3, 0.4) is 0 Å². The summed E-state index contributed by atoms with van der Waals surface area (Å²) in [6.45, 7) is 7.29. The average molecular weight is 463 g/mol. The molecule has 30 heavy (non-hydrogen) atoms. The Morgan fingerprint density at radius 3 is 2.17 bits per heavy atom. The largest absolute Gasteiger partial charge is 0.416 e. The molecule has 1 heterocycles. The van der Waals surface area contributed by atoms with Crippen molar-refractivity contribution in [2.24, 2.45) is 5.92 Å². The van der Waals surface area contributed by atoms with E-state index in [1.807, 2.05) is 12.1 Å². The minimum atomic E-state index is -4.50. The maximum atomic E-state index is 12.7. The lowest BCUT2D eigenvalue weighted by Crippen LogP contribution is -2.30. The second-order valence-corrected chi connectivity index (χ2v) is 9.49. The number of halogens is 4. The van der Waals surface area contributed by atoms with Crippen molar-refractivity contribution in [1.29, 1.82) is 0 Å². The SMILES string of the molecule is CC(C)CN1CCc2ccc(NS(=O)(=O)c3ccc(C(F)(F)F)cc3)cc2CC1.Cl. The van der Waals surface area contributed by atoms with Crippen LogP contribution >= 0.6 is 12.4 Å². The second-order valence-electron chi connectivity index (χ2n) is 7.81. The molecule has 0 spiro atoms. The lowest BCUT2D eigenvalue weighted by Gasteiger charge is -2.21. The molecule has 0 aliphatic carbocycles. The van der Waals surface area contributed by atoms with Crippen LogP contribution in [0.1, 0.15) is 30.5 Å². The fourth-order valence-electron chi connectivity index (χ4n) is 3.57. The van der Waals surface area contributed by atoms with Gasteiger partial charge in [-0.2, -0.15) is 13.2 Å². The van der Waals surface area contributed by atoms with Crippen molar-refractivity contribution >= 4 is 28.1 Å². The van der Waals surface area contributed by atoms with Gasteiger partial charge in [0, 0.05) is 25.3 Å². The second kappa shape index (κ2) is 9.58. The minimum Gasteiger partial charge on any atom is -0.302 e. The molecule has 0 saturated carbocycles. The highest BCUT2D eigenvalue weighted by atomic mass is 35.5. The summed E-state index contributed by atoms with van der Waals surface area (Å²) in [6.07, 6.45) is -2.76. The van der Waals surface area contributed by atoms with Crippen molar-refractivity contribution in [3.8, 4) is 0 Å². The predicted octanol–water partition coefficient (Wildman–Crippen LogP) is 4.98. The first-order chi connectivity index (χ1) is 13.5. The molecular formula is C21H26ClF3N2O2S. The number of alkyl halides is 3. The smallest absolute Gasteiger partial charge is 0.302 e. The summed E-state index contributed by atoms with van der Waals surface area (Å²) in [5.74, 6) is 0.585. The molecule has 0 unspecified atom stereocenters. The molecule has 0 fully saturated rings. The summed E-state index contributed by atoms with van der Waals surface area (Å²) in [4.78, 5) is 2.21. The van der Waals surface area contributed by atoms with Gasteiger partial charge in [0.25, 0.3) is 10.0 Å². The number of hydrogen-bond acceptors (Lipinski definition) is 3. The number of sulfonamides is 1. The van der Waals surface area contributed by atoms with Crippen molar-refractivity contribution in [2.45, 2.75) is 37.8 Å². The van der Waals surface area contributed by atoms with E-state index in [1.54, 1.807) is 6.07 Å². The maximum Gasteiger partial charge on any atom is 0.416 e. The molecule has 1 aliphatic heterocycles. The van der Waals surface area contributed by atoms with Crippen LogP contribution in [-0.4, -0.2) is 33.0 Å². The normalized spacial score (nSPS) is 15.3. The highest BCUT2D eigenvalue weighted by Crippen LogP contribution is 2.30. The average Bonchev–Trinajstić information content (AvgIpc) is 2.82. The zero-order chi connectivity index (χ0) is 21.2. The van der Waals surface area contributed by atoms with Crippen molar-refractivity contribution in [3.05, 3.63) is 59.2 Å². The molecule has 0 aromatic heterocycles. The van der Waals surface area contributed by atoms with Crippen LogP contribution in [0.4, 0.5) is 18.9 Å². The summed E-state index contributed by atoms with van der Waals surface area (Å²) in [7, 11) is -3.97. The first-order valence-corrected chi connectivity index (χ1v) is 11.1. The van der Waals surface area contributed by atoms with Gasteiger partial charge < -0.3 is 4.90 Å². The van der Waals surface area contributed by atoms with Crippen LogP contribution in [0.25, 0.3) is 0 Å². The van der Waals surface area contributed by atoms with E-state index in [9.17, 15) is 21.6 Å². The summed E-state index contributed by atoms with van der Waals surface area (Å²) in [6, 6.07) is 8.95. The number of benzene rings is 2. The van der Waals surface area contributed by atoms with Gasteiger partial charge in [-0.1, -0.05) is 19.9 Å². The quantitative estimate of drug-likeness (QED) is 0.681. The predicted molar refractivity (Wildman–Crippen MR) is 115 cm³/mol. The van der Waals surface area contributed by atoms with Crippen molar-refractivity contribution < 1.29 is 21.6 Å². The van der Waals surface area contributed by atoms with Crippen molar-refractivity contribution in [3.63, 3.8) is 0 Å². The molecule has 4 nitrogen and oxygen atoms in total. The van der Waals surface area contributed by atoms with Crippen LogP contribution in [0.2, 0.25) is 0 Å². The van der Waals surface area contributed by atoms with E-state index in [4.69, 9.17) is 0 Å². The minimum absolute atomic E-state index is 0. The fraction of sp³-hybridized carbons (Fsp3) is 0.429. The van der Waals surface area contributed by atoms with Crippen molar-refractivity contribution in [1.82, 2.24) is 4.90 Å². The van der Waals surface area contributed by atoms with E-state index >= 15 is 0 Å². The number of hydrogen-bond donors (Lipinski definition) is 1. The van der Waals surface area contributed by atoms with E-state index < -0.39 is 21.8 Å². The van der Waals surface area contributed by atoms with Crippen LogP contribution < -0.4 is 4.72 Å². The van der Waals surface area contributed by atoms with Gasteiger partial charge in [0.1, 0.15) is 0 Å². The summed E-state index contributed by atoms with van der Waals surface area (Å²) >= 11 is 0. The standard InChI is InChI=1S/C21H25F3N2O2S.ClH/c1-15(2)14-26-11-9-16-3-6-19(13-17(16)10-12-26)25-29(27,28)20-7-4-18(5-8-20)21(22,23)24;/h3-8,13,15,25H,9-12,14H2,1-2H3;1H. The molecular weight excluding hydrogens is 437 g/mol. The molecule has 0 radical (unpaired) electrons. The van der Waals surface area contributed by atoms with Gasteiger partial charge in [0.15, 0.2) is 0 Å². The molecule has 0 bridgehead atoms. The molecule has 2 aromatic rings. The Labute approximate surface area is 181 Å². The molecule has 0 saturated heterocycles. The third-order valence-electron chi connectivity index (χ3n) is 4.97. The molecule has 1 N–H and O–H groups in total. The van der Waals surface area contributed by atoms with Crippen LogP contribution in [0.15, 0.2) is 47.4 Å². The van der Waals surface area contributed by atoms with E-state index in [2.05, 4.69) is 23.5 Å². The number of nitrogens with zero attached hydrogens (tertiary/aromatic N) is 1. The summed E-state index contributed by atoms with van der Waals surface area (Å²) in [5, 5.41) is 0. The van der Waals surface area contributed by atoms with Gasteiger partial charge in [-0.05, 0) is 66.3 Å². The Kier molecular flexibility index (Phi) is 7.82. The number of nitrogens with one attached hydrogen (secondary N) is 1. The Hall–Kier alpha value is -1.77. The third-order valence-corrected chi connectivity index (χ3v) is 6.37. The maximum absolute atomic E-state index is 12.7. The van der Waals surface area contributed by atoms with Gasteiger partial charge >= 0.3 is 6.18 Å². The highest BCUT2D eigenvalue weighted by molar-refractivity contribution is 7.92. The van der Waals surface area contributed by atoms with Crippen LogP contribution in [0, 0.1) is 5.92 Å². The molecule has 9 heteroatoms. The monoisotopic (exact) mass is 462 g/mol. The van der Waals surface area contributed by atoms with Gasteiger partial charge in [0.05, 0.1) is 10.5 Å². The zero-order valence-electron chi connectivity index (χ0n) is 16.9. The highest BCUT2D eigenvalue weighted by Gasteiger charge is 2.30. The Morgan fingerprint density at radius 2 is 1.60 bits per heavy atom. The van der Waals surface area contributed by atoms with Gasteiger partial charge in [-0.15, -0.1) is 12.4 Å². The first kappa shape index (κ1) is 24.5. The van der Waals surface area contributed by atoms with E-state index in [0.717, 1.165) is 62.3 Å². The van der Waals surface area contributed by atoms with Gasteiger partial charge in [0.2, 0.25) is 0 Å². The van der Waals surface area contributed by atoms with Gasteiger partial charge in [-0.3, -0.25) is 4.72 Å². The zero-order valence-corrected chi connectivity index (χ0v) is 18.5. The molecule has 0 atom stereocenters. The Bertz CT molecular complexity index is 961. The van der Waals surface area contributed by atoms with Crippen molar-refractivity contribution in [2.75, 3.05) is 24.4 Å². The molecule has 2 aromatic carbocycles. The topological polar surface area (TPSA) is 49.4 Å². The lowest BCUT2D eigenvalue weighted by molar-refractivity contribution is -0.137. The number of rotatable bonds is 5. The van der Waals surface area contributed by atoms with Crippen LogP contribution in [0.5, 0.6) is 0 Å². The number of anilines is 1. The third kappa shape index (κ3) is 6.12. The molecule has 1 aliphatic rings. The van der Waals surface area contributed by atoms with E-state index in [1.165, 1.54) is 5.56 Å². The van der Waals surface area contributed by atoms with Crippen LogP contribution in [-0.2, 0) is 29.0 Å². The lowest BCUT2D eigenvalue weighted by atomic mass is 10.0. The number of fused-ring (bicyclic) bond motifs is 1. The summed E-state index contributed by atoms with van der Waals surface area (Å²) in [5.41, 5.74) is 1.84. The van der Waals surface area contributed by atoms with E-state index in [0.29, 0.717) is 11.6 Å². The first-order valence-electron chi connectivity index (χ1n) is 9.59. The van der Waals surface area contributed by atoms with E-state index in [-0.39, 0.29) is 17.3 Å². The molecule has 166 valence electrons. The molecule has 0 amide bonds. The van der Waals surface area contributed by atoms with Gasteiger partial charge in [-0.25, -0.2) is 8.42 Å². The Balaban J connectivity index is 0.00000320. The molecule has 3 rings (SSSR count).